The van der Waals surface area contributed by atoms with Gasteiger partial charge in [-0.2, -0.15) is 0 Å². The van der Waals surface area contributed by atoms with Gasteiger partial charge in [-0.05, 0) is 52.1 Å². The molecule has 1 aliphatic heterocycles. The average Bonchev–Trinajstić information content (AvgIpc) is 3.47. The number of aliphatic hydroxyl groups excluding tert-OH is 1. The predicted molar refractivity (Wildman–Crippen MR) is 174 cm³/mol. The molecule has 45 heavy (non-hydrogen) atoms. The van der Waals surface area contributed by atoms with E-state index in [9.17, 15) is 10.3 Å². The Bertz CT molecular complexity index is 1690. The second kappa shape index (κ2) is 14.9. The number of ether oxygens (including phenoxy) is 2. The molecule has 4 aromatic rings. The third kappa shape index (κ3) is 7.22. The highest BCUT2D eigenvalue weighted by atomic mass is 16.5. The standard InChI is InChI=1S/C35H34N6O4/c1-2-21-37-40-34(43)35(24-29-11-6-7-12-31(29)39-41-36)32(27-15-13-26(14-16-27)25-9-4-3-5-10-25)45-33(38-35)28-17-19-30(20-18-28)44-23-8-22-42/h2-7,9-20,32,37,42H,1,8,21-24H2,(H,40,43)/t32-,35-/m0/s1. The molecule has 0 aliphatic carbocycles. The second-order valence-electron chi connectivity index (χ2n) is 10.4. The van der Waals surface area contributed by atoms with Crippen LogP contribution in [0.25, 0.3) is 21.6 Å². The first-order valence-corrected chi connectivity index (χ1v) is 14.6. The van der Waals surface area contributed by atoms with E-state index in [1.54, 1.807) is 30.3 Å². The van der Waals surface area contributed by atoms with Crippen LogP contribution < -0.4 is 15.6 Å². The number of carbonyl (C=O) groups is 1. The molecule has 0 fully saturated rings. The van der Waals surface area contributed by atoms with E-state index < -0.39 is 17.6 Å². The van der Waals surface area contributed by atoms with Crippen LogP contribution in [-0.4, -0.2) is 42.2 Å². The van der Waals surface area contributed by atoms with Crippen LogP contribution in [0.4, 0.5) is 5.69 Å². The van der Waals surface area contributed by atoms with Crippen molar-refractivity contribution in [2.24, 2.45) is 10.1 Å². The summed E-state index contributed by atoms with van der Waals surface area (Å²) in [7, 11) is 0. The van der Waals surface area contributed by atoms with Gasteiger partial charge in [-0.1, -0.05) is 90.1 Å². The van der Waals surface area contributed by atoms with E-state index in [0.717, 1.165) is 16.7 Å². The summed E-state index contributed by atoms with van der Waals surface area (Å²) in [5.41, 5.74) is 18.0. The van der Waals surface area contributed by atoms with Crippen molar-refractivity contribution in [1.29, 1.82) is 0 Å². The van der Waals surface area contributed by atoms with Gasteiger partial charge >= 0.3 is 0 Å². The van der Waals surface area contributed by atoms with E-state index in [1.165, 1.54) is 0 Å². The number of aliphatic hydroxyl groups is 1. The maximum atomic E-state index is 14.2. The lowest BCUT2D eigenvalue weighted by Crippen LogP contribution is -2.54. The van der Waals surface area contributed by atoms with E-state index in [2.05, 4.69) is 27.5 Å². The van der Waals surface area contributed by atoms with Crippen molar-refractivity contribution < 1.29 is 19.4 Å². The zero-order valence-corrected chi connectivity index (χ0v) is 24.7. The molecular formula is C35H34N6O4. The smallest absolute Gasteiger partial charge is 0.266 e. The number of hydrogen-bond acceptors (Lipinski definition) is 7. The van der Waals surface area contributed by atoms with Gasteiger partial charge in [-0.3, -0.25) is 10.2 Å². The lowest BCUT2D eigenvalue weighted by molar-refractivity contribution is -0.129. The summed E-state index contributed by atoms with van der Waals surface area (Å²) in [6.45, 7) is 4.49. The molecule has 5 rings (SSSR count). The molecule has 0 saturated heterocycles. The maximum absolute atomic E-state index is 14.2. The number of benzene rings is 4. The van der Waals surface area contributed by atoms with E-state index in [-0.39, 0.29) is 18.9 Å². The fourth-order valence-corrected chi connectivity index (χ4v) is 5.17. The highest BCUT2D eigenvalue weighted by Gasteiger charge is 2.53. The van der Waals surface area contributed by atoms with Gasteiger partial charge in [-0.25, -0.2) is 10.4 Å². The second-order valence-corrected chi connectivity index (χ2v) is 10.4. The Labute approximate surface area is 261 Å². The molecule has 0 unspecified atom stereocenters. The number of azide groups is 1. The number of nitrogens with one attached hydrogen (secondary N) is 2. The average molecular weight is 603 g/mol. The van der Waals surface area contributed by atoms with Crippen LogP contribution >= 0.6 is 0 Å². The molecule has 228 valence electrons. The molecule has 0 saturated carbocycles. The molecule has 10 nitrogen and oxygen atoms in total. The normalized spacial score (nSPS) is 17.0. The minimum absolute atomic E-state index is 0.0467. The highest BCUT2D eigenvalue weighted by Crippen LogP contribution is 2.44. The van der Waals surface area contributed by atoms with E-state index >= 15 is 0 Å². The Morgan fingerprint density at radius 2 is 1.69 bits per heavy atom. The Kier molecular flexibility index (Phi) is 10.2. The van der Waals surface area contributed by atoms with Gasteiger partial charge < -0.3 is 14.6 Å². The molecule has 0 bridgehead atoms. The van der Waals surface area contributed by atoms with Gasteiger partial charge in [0.2, 0.25) is 5.90 Å². The van der Waals surface area contributed by atoms with Gasteiger partial charge in [0.25, 0.3) is 5.91 Å². The largest absolute Gasteiger partial charge is 0.494 e. The predicted octanol–water partition coefficient (Wildman–Crippen LogP) is 6.36. The maximum Gasteiger partial charge on any atom is 0.266 e. The molecule has 1 amide bonds. The molecule has 0 radical (unpaired) electrons. The topological polar surface area (TPSA) is 141 Å². The minimum Gasteiger partial charge on any atom is -0.494 e. The van der Waals surface area contributed by atoms with Crippen LogP contribution in [0, 0.1) is 0 Å². The molecule has 1 heterocycles. The summed E-state index contributed by atoms with van der Waals surface area (Å²) in [5, 5.41) is 12.9. The number of hydrogen-bond donors (Lipinski definition) is 3. The summed E-state index contributed by atoms with van der Waals surface area (Å²) >= 11 is 0. The van der Waals surface area contributed by atoms with Crippen molar-refractivity contribution in [3.63, 3.8) is 0 Å². The molecule has 1 aliphatic rings. The van der Waals surface area contributed by atoms with Gasteiger partial charge in [0.15, 0.2) is 11.6 Å². The number of rotatable bonds is 14. The third-order valence-corrected chi connectivity index (χ3v) is 7.40. The van der Waals surface area contributed by atoms with Gasteiger partial charge in [0, 0.05) is 42.2 Å². The zero-order valence-electron chi connectivity index (χ0n) is 24.7. The quantitative estimate of drug-likeness (QED) is 0.0385. The zero-order chi connectivity index (χ0) is 31.5. The van der Waals surface area contributed by atoms with Crippen molar-refractivity contribution >= 4 is 17.5 Å². The number of amides is 1. The highest BCUT2D eigenvalue weighted by molar-refractivity contribution is 6.01. The molecule has 3 N–H and O–H groups in total. The number of hydrazine groups is 1. The molecule has 10 heteroatoms. The SMILES string of the molecule is C=CCNNC(=O)[C@@]1(Cc2ccccc2N=[N+]=[N-])N=C(c2ccc(OCCCO)cc2)O[C@H]1c1ccc(-c2ccccc2)cc1. The van der Waals surface area contributed by atoms with Crippen LogP contribution in [0.5, 0.6) is 5.75 Å². The molecule has 0 spiro atoms. The van der Waals surface area contributed by atoms with E-state index in [1.807, 2.05) is 78.9 Å². The van der Waals surface area contributed by atoms with E-state index in [4.69, 9.17) is 19.6 Å². The van der Waals surface area contributed by atoms with E-state index in [0.29, 0.717) is 42.1 Å². The fraction of sp³-hybridized carbons (Fsp3) is 0.200. The molecule has 0 aromatic heterocycles. The Hall–Kier alpha value is -5.41. The molecule has 2 atom stereocenters. The van der Waals surface area contributed by atoms with Gasteiger partial charge in [0.05, 0.1) is 6.61 Å². The number of aliphatic imine (C=N–C) groups is 1. The van der Waals surface area contributed by atoms with Crippen LogP contribution in [-0.2, 0) is 16.0 Å². The lowest BCUT2D eigenvalue weighted by atomic mass is 9.81. The van der Waals surface area contributed by atoms with Crippen LogP contribution in [0.15, 0.2) is 126 Å². The van der Waals surface area contributed by atoms with Crippen LogP contribution in [0.1, 0.15) is 29.2 Å². The lowest BCUT2D eigenvalue weighted by Gasteiger charge is -2.31. The first-order valence-electron chi connectivity index (χ1n) is 14.6. The summed E-state index contributed by atoms with van der Waals surface area (Å²) in [6, 6.07) is 32.3. The first kappa shape index (κ1) is 31.0. The summed E-state index contributed by atoms with van der Waals surface area (Å²) in [6.07, 6.45) is 1.41. The fourth-order valence-electron chi connectivity index (χ4n) is 5.17. The van der Waals surface area contributed by atoms with Crippen molar-refractivity contribution in [2.45, 2.75) is 24.5 Å². The molecule has 4 aromatic carbocycles. The van der Waals surface area contributed by atoms with Crippen molar-refractivity contribution in [3.8, 4) is 16.9 Å². The van der Waals surface area contributed by atoms with Gasteiger partial charge in [0.1, 0.15) is 5.75 Å². The Morgan fingerprint density at radius 3 is 2.40 bits per heavy atom. The third-order valence-electron chi connectivity index (χ3n) is 7.40. The number of carbonyl (C=O) groups excluding carboxylic acids is 1. The number of nitrogens with zero attached hydrogens (tertiary/aromatic N) is 4. The Morgan fingerprint density at radius 1 is 1.00 bits per heavy atom. The minimum atomic E-state index is -1.49. The summed E-state index contributed by atoms with van der Waals surface area (Å²) in [5.74, 6) is 0.505. The van der Waals surface area contributed by atoms with Crippen LogP contribution in [0.2, 0.25) is 0 Å². The summed E-state index contributed by atoms with van der Waals surface area (Å²) < 4.78 is 12.3. The van der Waals surface area contributed by atoms with Crippen LogP contribution in [0.3, 0.4) is 0 Å². The van der Waals surface area contributed by atoms with Crippen molar-refractivity contribution in [2.75, 3.05) is 19.8 Å². The monoisotopic (exact) mass is 602 g/mol. The molecular weight excluding hydrogens is 568 g/mol. The summed E-state index contributed by atoms with van der Waals surface area (Å²) in [4.78, 5) is 22.2. The van der Waals surface area contributed by atoms with Crippen molar-refractivity contribution in [1.82, 2.24) is 10.9 Å². The first-order chi connectivity index (χ1) is 22.1. The van der Waals surface area contributed by atoms with Gasteiger partial charge in [-0.15, -0.1) is 6.58 Å². The van der Waals surface area contributed by atoms with Crippen molar-refractivity contribution in [3.05, 3.63) is 143 Å². The Balaban J connectivity index is 1.59.